The highest BCUT2D eigenvalue weighted by Gasteiger charge is 2.47. The highest BCUT2D eigenvalue weighted by atomic mass is 16.5. The molecule has 1 fully saturated rings. The van der Waals surface area contributed by atoms with Gasteiger partial charge in [-0.15, -0.1) is 0 Å². The average molecular weight is 451 g/mol. The maximum atomic E-state index is 13.6. The Labute approximate surface area is 196 Å². The van der Waals surface area contributed by atoms with Gasteiger partial charge in [0, 0.05) is 24.6 Å². The summed E-state index contributed by atoms with van der Waals surface area (Å²) in [4.78, 5) is 29.0. The van der Waals surface area contributed by atoms with Crippen LogP contribution >= 0.6 is 0 Å². The molecule has 6 nitrogen and oxygen atoms in total. The lowest BCUT2D eigenvalue weighted by molar-refractivity contribution is -0.132. The number of fused-ring (bicyclic) bond motifs is 1. The van der Waals surface area contributed by atoms with E-state index in [9.17, 15) is 9.59 Å². The van der Waals surface area contributed by atoms with Gasteiger partial charge in [0.05, 0.1) is 14.2 Å². The quantitative estimate of drug-likeness (QED) is 0.688. The van der Waals surface area contributed by atoms with E-state index in [-0.39, 0.29) is 17.9 Å². The van der Waals surface area contributed by atoms with Crippen molar-refractivity contribution in [2.75, 3.05) is 20.8 Å². The lowest BCUT2D eigenvalue weighted by Gasteiger charge is -2.45. The van der Waals surface area contributed by atoms with Crippen molar-refractivity contribution in [2.45, 2.75) is 63.5 Å². The predicted octanol–water partition coefficient (Wildman–Crippen LogP) is 4.15. The number of nitrogens with zero attached hydrogens (tertiary/aromatic N) is 1. The SMILES string of the molecule is COc1ccc(CCN2C(=O)c3ccccc3C[C@@]2(C)C(=O)NC2CCCCC2)cc1OC. The minimum absolute atomic E-state index is 0.0513. The Morgan fingerprint density at radius 3 is 2.52 bits per heavy atom. The molecule has 1 aliphatic carbocycles. The molecule has 1 aliphatic heterocycles. The van der Waals surface area contributed by atoms with Gasteiger partial charge in [-0.3, -0.25) is 9.59 Å². The zero-order valence-corrected chi connectivity index (χ0v) is 19.9. The van der Waals surface area contributed by atoms with Crippen molar-refractivity contribution in [3.8, 4) is 11.5 Å². The summed E-state index contributed by atoms with van der Waals surface area (Å²) in [6.45, 7) is 2.35. The van der Waals surface area contributed by atoms with E-state index in [4.69, 9.17) is 9.47 Å². The summed E-state index contributed by atoms with van der Waals surface area (Å²) in [5.74, 6) is 1.19. The van der Waals surface area contributed by atoms with Gasteiger partial charge in [-0.25, -0.2) is 0 Å². The second-order valence-corrected chi connectivity index (χ2v) is 9.31. The predicted molar refractivity (Wildman–Crippen MR) is 128 cm³/mol. The van der Waals surface area contributed by atoms with Gasteiger partial charge in [0.15, 0.2) is 11.5 Å². The number of ether oxygens (including phenoxy) is 2. The van der Waals surface area contributed by atoms with Gasteiger partial charge in [0.25, 0.3) is 5.91 Å². The second-order valence-electron chi connectivity index (χ2n) is 9.31. The van der Waals surface area contributed by atoms with Gasteiger partial charge in [0.2, 0.25) is 5.91 Å². The standard InChI is InChI=1S/C27H34N2O4/c1-27(26(31)28-21-10-5-4-6-11-21)18-20-9-7-8-12-22(20)25(30)29(27)16-15-19-13-14-23(32-2)24(17-19)33-3/h7-9,12-14,17,21H,4-6,10-11,15-16,18H2,1-3H3,(H,28,31)/t27-/m0/s1. The largest absolute Gasteiger partial charge is 0.493 e. The summed E-state index contributed by atoms with van der Waals surface area (Å²) in [5.41, 5.74) is 1.72. The molecule has 0 spiro atoms. The smallest absolute Gasteiger partial charge is 0.255 e. The van der Waals surface area contributed by atoms with Crippen LogP contribution in [0, 0.1) is 0 Å². The fourth-order valence-electron chi connectivity index (χ4n) is 5.13. The van der Waals surface area contributed by atoms with E-state index in [0.717, 1.165) is 36.8 Å². The lowest BCUT2D eigenvalue weighted by Crippen LogP contribution is -2.64. The number of rotatable bonds is 7. The molecule has 2 aromatic carbocycles. The molecule has 0 aromatic heterocycles. The van der Waals surface area contributed by atoms with Crippen LogP contribution in [0.5, 0.6) is 11.5 Å². The molecule has 1 saturated carbocycles. The Bertz CT molecular complexity index is 1010. The third-order valence-corrected chi connectivity index (χ3v) is 7.12. The van der Waals surface area contributed by atoms with Crippen LogP contribution in [0.3, 0.4) is 0 Å². The van der Waals surface area contributed by atoms with E-state index in [1.165, 1.54) is 6.42 Å². The molecule has 1 heterocycles. The molecule has 0 unspecified atom stereocenters. The summed E-state index contributed by atoms with van der Waals surface area (Å²) in [7, 11) is 3.22. The third-order valence-electron chi connectivity index (χ3n) is 7.12. The number of hydrogen-bond acceptors (Lipinski definition) is 4. The van der Waals surface area contributed by atoms with Crippen molar-refractivity contribution in [2.24, 2.45) is 0 Å². The van der Waals surface area contributed by atoms with Gasteiger partial charge in [-0.2, -0.15) is 0 Å². The van der Waals surface area contributed by atoms with E-state index in [2.05, 4.69) is 5.32 Å². The van der Waals surface area contributed by atoms with Crippen LogP contribution in [0.15, 0.2) is 42.5 Å². The monoisotopic (exact) mass is 450 g/mol. The van der Waals surface area contributed by atoms with Gasteiger partial charge >= 0.3 is 0 Å². The summed E-state index contributed by atoms with van der Waals surface area (Å²) < 4.78 is 10.8. The first-order valence-electron chi connectivity index (χ1n) is 11.9. The Morgan fingerprint density at radius 2 is 1.79 bits per heavy atom. The number of carbonyl (C=O) groups is 2. The Morgan fingerprint density at radius 1 is 1.06 bits per heavy atom. The maximum absolute atomic E-state index is 13.6. The van der Waals surface area contributed by atoms with Gasteiger partial charge < -0.3 is 19.7 Å². The van der Waals surface area contributed by atoms with E-state index in [0.29, 0.717) is 36.4 Å². The van der Waals surface area contributed by atoms with Crippen molar-refractivity contribution < 1.29 is 19.1 Å². The number of hydrogen-bond donors (Lipinski definition) is 1. The van der Waals surface area contributed by atoms with Crippen LogP contribution in [0.4, 0.5) is 0 Å². The van der Waals surface area contributed by atoms with Crippen molar-refractivity contribution in [3.63, 3.8) is 0 Å². The normalized spacial score (nSPS) is 20.8. The van der Waals surface area contributed by atoms with E-state index in [1.54, 1.807) is 19.1 Å². The molecular weight excluding hydrogens is 416 g/mol. The van der Waals surface area contributed by atoms with E-state index < -0.39 is 5.54 Å². The lowest BCUT2D eigenvalue weighted by atomic mass is 9.82. The topological polar surface area (TPSA) is 67.9 Å². The van der Waals surface area contributed by atoms with Gasteiger partial charge in [0.1, 0.15) is 5.54 Å². The number of nitrogens with one attached hydrogen (secondary N) is 1. The molecule has 2 amide bonds. The zero-order chi connectivity index (χ0) is 23.4. The van der Waals surface area contributed by atoms with Gasteiger partial charge in [-0.05, 0) is 55.5 Å². The fourth-order valence-corrected chi connectivity index (χ4v) is 5.13. The average Bonchev–Trinajstić information content (AvgIpc) is 2.84. The molecule has 176 valence electrons. The molecule has 33 heavy (non-hydrogen) atoms. The van der Waals surface area contributed by atoms with Crippen molar-refractivity contribution in [1.82, 2.24) is 10.2 Å². The number of carbonyl (C=O) groups excluding carboxylic acids is 2. The zero-order valence-electron chi connectivity index (χ0n) is 19.9. The van der Waals surface area contributed by atoms with Crippen LogP contribution in [-0.2, 0) is 17.6 Å². The molecule has 0 radical (unpaired) electrons. The van der Waals surface area contributed by atoms with Crippen LogP contribution < -0.4 is 14.8 Å². The first kappa shape index (κ1) is 23.1. The Hall–Kier alpha value is -3.02. The molecule has 1 atom stereocenters. The third kappa shape index (κ3) is 4.70. The van der Waals surface area contributed by atoms with E-state index >= 15 is 0 Å². The highest BCUT2D eigenvalue weighted by Crippen LogP contribution is 2.33. The number of benzene rings is 2. The molecule has 2 aromatic rings. The first-order valence-corrected chi connectivity index (χ1v) is 11.9. The minimum atomic E-state index is -0.931. The molecule has 6 heteroatoms. The van der Waals surface area contributed by atoms with E-state index in [1.807, 2.05) is 49.4 Å². The Kier molecular flexibility index (Phi) is 6.91. The Balaban J connectivity index is 1.59. The molecular formula is C27H34N2O4. The summed E-state index contributed by atoms with van der Waals surface area (Å²) >= 11 is 0. The summed E-state index contributed by atoms with van der Waals surface area (Å²) in [6.07, 6.45) is 6.67. The van der Waals surface area contributed by atoms with Crippen molar-refractivity contribution in [1.29, 1.82) is 0 Å². The second kappa shape index (κ2) is 9.86. The first-order chi connectivity index (χ1) is 16.0. The fraction of sp³-hybridized carbons (Fsp3) is 0.481. The summed E-state index contributed by atoms with van der Waals surface area (Å²) in [6, 6.07) is 13.6. The van der Waals surface area contributed by atoms with Crippen LogP contribution in [-0.4, -0.2) is 49.1 Å². The van der Waals surface area contributed by atoms with Crippen molar-refractivity contribution >= 4 is 11.8 Å². The molecule has 0 bridgehead atoms. The molecule has 2 aliphatic rings. The highest BCUT2D eigenvalue weighted by molar-refractivity contribution is 6.02. The van der Waals surface area contributed by atoms with Crippen LogP contribution in [0.25, 0.3) is 0 Å². The van der Waals surface area contributed by atoms with Crippen LogP contribution in [0.1, 0.15) is 60.5 Å². The molecule has 4 rings (SSSR count). The number of methoxy groups -OCH3 is 2. The molecule has 1 N–H and O–H groups in total. The van der Waals surface area contributed by atoms with Crippen molar-refractivity contribution in [3.05, 3.63) is 59.2 Å². The van der Waals surface area contributed by atoms with Crippen LogP contribution in [0.2, 0.25) is 0 Å². The summed E-state index contributed by atoms with van der Waals surface area (Å²) in [5, 5.41) is 3.27. The molecule has 0 saturated heterocycles. The number of amides is 2. The maximum Gasteiger partial charge on any atom is 0.255 e. The van der Waals surface area contributed by atoms with Gasteiger partial charge in [-0.1, -0.05) is 43.5 Å². The minimum Gasteiger partial charge on any atom is -0.493 e.